The Bertz CT molecular complexity index is 412. The molecule has 2 rings (SSSR count). The summed E-state index contributed by atoms with van der Waals surface area (Å²) in [5.41, 5.74) is 1.73. The van der Waals surface area contributed by atoms with Crippen molar-refractivity contribution in [3.05, 3.63) is 36.5 Å². The first-order chi connectivity index (χ1) is 7.40. The molecule has 0 aliphatic rings. The third-order valence-corrected chi connectivity index (χ3v) is 1.88. The molecule has 1 N–H and O–H groups in total. The summed E-state index contributed by atoms with van der Waals surface area (Å²) < 4.78 is 0. The molecule has 0 spiro atoms. The van der Waals surface area contributed by atoms with Crippen LogP contribution in [-0.2, 0) is 6.54 Å². The summed E-state index contributed by atoms with van der Waals surface area (Å²) in [4.78, 5) is 16.5. The topological polar surface area (TPSA) is 63.6 Å². The summed E-state index contributed by atoms with van der Waals surface area (Å²) in [7, 11) is 1.89. The Labute approximate surface area is 87.6 Å². The Balaban J connectivity index is 2.24. The van der Waals surface area contributed by atoms with Crippen LogP contribution in [0.4, 0.5) is 0 Å². The van der Waals surface area contributed by atoms with Crippen molar-refractivity contribution in [3.8, 4) is 11.5 Å². The number of hydrogen-bond acceptors (Lipinski definition) is 5. The first kappa shape index (κ1) is 9.67. The van der Waals surface area contributed by atoms with Gasteiger partial charge in [-0.05, 0) is 7.05 Å². The van der Waals surface area contributed by atoms with Crippen molar-refractivity contribution in [1.29, 1.82) is 0 Å². The zero-order valence-electron chi connectivity index (χ0n) is 8.38. The van der Waals surface area contributed by atoms with Crippen LogP contribution in [0.3, 0.4) is 0 Å². The predicted molar refractivity (Wildman–Crippen MR) is 55.8 cm³/mol. The molecule has 5 heteroatoms. The largest absolute Gasteiger partial charge is 0.316 e. The van der Waals surface area contributed by atoms with Gasteiger partial charge in [0.2, 0.25) is 0 Å². The molecule has 0 aliphatic carbocycles. The zero-order chi connectivity index (χ0) is 10.5. The van der Waals surface area contributed by atoms with Crippen LogP contribution in [0.1, 0.15) is 5.56 Å². The fraction of sp³-hybridized carbons (Fsp3) is 0.200. The van der Waals surface area contributed by atoms with Gasteiger partial charge in [-0.1, -0.05) is 0 Å². The predicted octanol–water partition coefficient (Wildman–Crippen LogP) is 0.653. The summed E-state index contributed by atoms with van der Waals surface area (Å²) in [6.07, 6.45) is 8.47. The van der Waals surface area contributed by atoms with Gasteiger partial charge in [0, 0.05) is 36.9 Å². The molecular formula is C10H11N5. The molecule has 2 aromatic heterocycles. The second-order valence-electron chi connectivity index (χ2n) is 3.04. The highest BCUT2D eigenvalue weighted by molar-refractivity contribution is 5.46. The van der Waals surface area contributed by atoms with Gasteiger partial charge < -0.3 is 5.32 Å². The minimum absolute atomic E-state index is 0.600. The van der Waals surface area contributed by atoms with Gasteiger partial charge in [-0.15, -0.1) is 0 Å². The van der Waals surface area contributed by atoms with Crippen LogP contribution in [0.5, 0.6) is 0 Å². The molecule has 0 unspecified atom stereocenters. The van der Waals surface area contributed by atoms with Gasteiger partial charge in [-0.2, -0.15) is 0 Å². The molecule has 76 valence electrons. The molecule has 0 bridgehead atoms. The summed E-state index contributed by atoms with van der Waals surface area (Å²) in [5, 5.41) is 3.04. The highest BCUT2D eigenvalue weighted by Crippen LogP contribution is 2.08. The minimum Gasteiger partial charge on any atom is -0.316 e. The highest BCUT2D eigenvalue weighted by atomic mass is 14.9. The summed E-state index contributed by atoms with van der Waals surface area (Å²) in [6, 6.07) is 0. The van der Waals surface area contributed by atoms with E-state index in [9.17, 15) is 0 Å². The molecule has 0 saturated carbocycles. The van der Waals surface area contributed by atoms with E-state index in [4.69, 9.17) is 0 Å². The minimum atomic E-state index is 0.600. The first-order valence-electron chi connectivity index (χ1n) is 4.62. The maximum absolute atomic E-state index is 4.21. The normalized spacial score (nSPS) is 10.2. The SMILES string of the molecule is CNCc1cnc(-c2cnccn2)nc1. The van der Waals surface area contributed by atoms with Gasteiger partial charge in [0.1, 0.15) is 5.69 Å². The lowest BCUT2D eigenvalue weighted by Crippen LogP contribution is -2.06. The van der Waals surface area contributed by atoms with Gasteiger partial charge in [0.15, 0.2) is 5.82 Å². The Morgan fingerprint density at radius 1 is 1.07 bits per heavy atom. The van der Waals surface area contributed by atoms with Crippen LogP contribution in [0.25, 0.3) is 11.5 Å². The monoisotopic (exact) mass is 201 g/mol. The zero-order valence-corrected chi connectivity index (χ0v) is 8.38. The van der Waals surface area contributed by atoms with Crippen molar-refractivity contribution < 1.29 is 0 Å². The molecule has 2 heterocycles. The molecule has 0 atom stereocenters. The van der Waals surface area contributed by atoms with Gasteiger partial charge in [-0.3, -0.25) is 4.98 Å². The van der Waals surface area contributed by atoms with Crippen molar-refractivity contribution in [2.45, 2.75) is 6.54 Å². The lowest BCUT2D eigenvalue weighted by Gasteiger charge is -2.00. The van der Waals surface area contributed by atoms with E-state index < -0.39 is 0 Å². The number of nitrogens with zero attached hydrogens (tertiary/aromatic N) is 4. The number of rotatable bonds is 3. The van der Waals surface area contributed by atoms with E-state index in [1.807, 2.05) is 7.05 Å². The van der Waals surface area contributed by atoms with E-state index in [-0.39, 0.29) is 0 Å². The van der Waals surface area contributed by atoms with Gasteiger partial charge in [-0.25, -0.2) is 15.0 Å². The van der Waals surface area contributed by atoms with Crippen molar-refractivity contribution in [2.24, 2.45) is 0 Å². The molecule has 2 aromatic rings. The molecule has 0 saturated heterocycles. The van der Waals surface area contributed by atoms with E-state index >= 15 is 0 Å². The highest BCUT2D eigenvalue weighted by Gasteiger charge is 2.01. The average Bonchev–Trinajstić information content (AvgIpc) is 2.32. The molecule has 15 heavy (non-hydrogen) atoms. The van der Waals surface area contributed by atoms with Crippen LogP contribution in [0.2, 0.25) is 0 Å². The lowest BCUT2D eigenvalue weighted by atomic mass is 10.3. The average molecular weight is 201 g/mol. The summed E-state index contributed by atoms with van der Waals surface area (Å²) >= 11 is 0. The first-order valence-corrected chi connectivity index (χ1v) is 4.62. The Morgan fingerprint density at radius 3 is 2.47 bits per heavy atom. The molecular weight excluding hydrogens is 190 g/mol. The van der Waals surface area contributed by atoms with Gasteiger partial charge in [0.05, 0.1) is 6.20 Å². The summed E-state index contributed by atoms with van der Waals surface area (Å²) in [6.45, 7) is 0.765. The second-order valence-corrected chi connectivity index (χ2v) is 3.04. The maximum atomic E-state index is 4.21. The number of nitrogens with one attached hydrogen (secondary N) is 1. The van der Waals surface area contributed by atoms with Crippen LogP contribution < -0.4 is 5.32 Å². The van der Waals surface area contributed by atoms with Crippen molar-refractivity contribution >= 4 is 0 Å². The Morgan fingerprint density at radius 2 is 1.87 bits per heavy atom. The van der Waals surface area contributed by atoms with Gasteiger partial charge in [0.25, 0.3) is 0 Å². The maximum Gasteiger partial charge on any atom is 0.179 e. The third-order valence-electron chi connectivity index (χ3n) is 1.88. The smallest absolute Gasteiger partial charge is 0.179 e. The van der Waals surface area contributed by atoms with E-state index in [0.717, 1.165) is 12.1 Å². The lowest BCUT2D eigenvalue weighted by molar-refractivity contribution is 0.807. The number of aromatic nitrogens is 4. The van der Waals surface area contributed by atoms with E-state index in [2.05, 4.69) is 25.3 Å². The van der Waals surface area contributed by atoms with E-state index in [1.165, 1.54) is 0 Å². The van der Waals surface area contributed by atoms with Crippen LogP contribution >= 0.6 is 0 Å². The van der Waals surface area contributed by atoms with Crippen molar-refractivity contribution in [3.63, 3.8) is 0 Å². The standard InChI is InChI=1S/C10H11N5/c1-11-4-8-5-14-10(15-6-8)9-7-12-2-3-13-9/h2-3,5-7,11H,4H2,1H3. The quantitative estimate of drug-likeness (QED) is 0.790. The van der Waals surface area contributed by atoms with E-state index in [1.54, 1.807) is 31.0 Å². The van der Waals surface area contributed by atoms with Gasteiger partial charge >= 0.3 is 0 Å². The van der Waals surface area contributed by atoms with Crippen LogP contribution in [0.15, 0.2) is 31.0 Å². The van der Waals surface area contributed by atoms with Crippen molar-refractivity contribution in [2.75, 3.05) is 7.05 Å². The summed E-state index contributed by atoms with van der Waals surface area (Å²) in [5.74, 6) is 0.600. The molecule has 0 fully saturated rings. The third kappa shape index (κ3) is 2.32. The molecule has 0 radical (unpaired) electrons. The Hall–Kier alpha value is -1.88. The molecule has 0 aromatic carbocycles. The Kier molecular flexibility index (Phi) is 2.94. The number of hydrogen-bond donors (Lipinski definition) is 1. The van der Waals surface area contributed by atoms with E-state index in [0.29, 0.717) is 11.5 Å². The fourth-order valence-electron chi connectivity index (χ4n) is 1.20. The molecule has 0 aliphatic heterocycles. The molecule has 0 amide bonds. The molecule has 5 nitrogen and oxygen atoms in total. The van der Waals surface area contributed by atoms with Crippen molar-refractivity contribution in [1.82, 2.24) is 25.3 Å². The second kappa shape index (κ2) is 4.56. The van der Waals surface area contributed by atoms with Crippen LogP contribution in [0, 0.1) is 0 Å². The fourth-order valence-corrected chi connectivity index (χ4v) is 1.20. The van der Waals surface area contributed by atoms with Crippen LogP contribution in [-0.4, -0.2) is 27.0 Å².